The van der Waals surface area contributed by atoms with Gasteiger partial charge in [0, 0.05) is 11.1 Å². The number of methoxy groups -OCH3 is 1. The molecule has 0 spiro atoms. The first-order valence-corrected chi connectivity index (χ1v) is 11.7. The molecular weight excluding hydrogens is 469 g/mol. The van der Waals surface area contributed by atoms with Crippen LogP contribution in [0, 0.1) is 11.7 Å². The van der Waals surface area contributed by atoms with Crippen LogP contribution in [0.2, 0.25) is 0 Å². The highest BCUT2D eigenvalue weighted by molar-refractivity contribution is 5.86. The summed E-state index contributed by atoms with van der Waals surface area (Å²) in [5, 5.41) is 5.38. The third kappa shape index (κ3) is 6.77. The lowest BCUT2D eigenvalue weighted by molar-refractivity contribution is 0.0406. The van der Waals surface area contributed by atoms with Gasteiger partial charge in [0.05, 0.1) is 18.8 Å². The monoisotopic (exact) mass is 503 g/mol. The van der Waals surface area contributed by atoms with Crippen molar-refractivity contribution in [2.75, 3.05) is 19.0 Å². The minimum atomic E-state index is -0.790. The highest BCUT2D eigenvalue weighted by atomic mass is 19.1. The molecule has 0 saturated heterocycles. The molecule has 196 valence electrons. The number of amides is 2. The molecule has 0 saturated carbocycles. The Bertz CT molecular complexity index is 1130. The molecule has 1 aromatic carbocycles. The molecule has 1 atom stereocenters. The molecule has 0 radical (unpaired) electrons. The molecule has 0 bridgehead atoms. The van der Waals surface area contributed by atoms with Gasteiger partial charge in [0.2, 0.25) is 0 Å². The van der Waals surface area contributed by atoms with Crippen molar-refractivity contribution < 1.29 is 32.9 Å². The second-order valence-electron chi connectivity index (χ2n) is 10.4. The van der Waals surface area contributed by atoms with E-state index in [0.717, 1.165) is 0 Å². The first-order valence-electron chi connectivity index (χ1n) is 11.7. The second kappa shape index (κ2) is 10.6. The summed E-state index contributed by atoms with van der Waals surface area (Å²) in [7, 11) is 1.25. The van der Waals surface area contributed by atoms with Gasteiger partial charge in [-0.25, -0.2) is 19.0 Å². The van der Waals surface area contributed by atoms with E-state index in [2.05, 4.69) is 20.4 Å². The van der Waals surface area contributed by atoms with E-state index in [4.69, 9.17) is 14.2 Å². The molecule has 0 aliphatic carbocycles. The minimum Gasteiger partial charge on any atom is -0.488 e. The minimum absolute atomic E-state index is 0.00373. The van der Waals surface area contributed by atoms with Crippen LogP contribution in [0.1, 0.15) is 53.5 Å². The molecule has 2 amide bonds. The van der Waals surface area contributed by atoms with Crippen LogP contribution in [0.4, 0.5) is 19.8 Å². The third-order valence-electron chi connectivity index (χ3n) is 5.36. The number of rotatable bonds is 7. The Hall–Kier alpha value is -3.56. The summed E-state index contributed by atoms with van der Waals surface area (Å²) < 4.78 is 37.1. The number of anilines is 1. The first-order chi connectivity index (χ1) is 16.8. The smallest absolute Gasteiger partial charge is 0.412 e. The molecule has 36 heavy (non-hydrogen) atoms. The Morgan fingerprint density at radius 2 is 1.89 bits per heavy atom. The zero-order valence-corrected chi connectivity index (χ0v) is 21.8. The number of fused-ring (bicyclic) bond motifs is 3. The fourth-order valence-corrected chi connectivity index (χ4v) is 4.08. The van der Waals surface area contributed by atoms with Crippen LogP contribution < -0.4 is 20.1 Å². The van der Waals surface area contributed by atoms with Gasteiger partial charge in [-0.15, -0.1) is 0 Å². The number of alkyl carbamates (subject to hydrolysis) is 1. The SMILES string of the molecule is COC(=O)Nc1cc2c(cn1)OCc1c-2ccc(OC[C@](C)(CC(C)C)NC(=O)OC(C)(C)C)c1F. The van der Waals surface area contributed by atoms with E-state index >= 15 is 4.39 Å². The van der Waals surface area contributed by atoms with Gasteiger partial charge in [0.1, 0.15) is 30.4 Å². The average molecular weight is 504 g/mol. The van der Waals surface area contributed by atoms with E-state index in [0.29, 0.717) is 28.9 Å². The summed E-state index contributed by atoms with van der Waals surface area (Å²) in [5.74, 6) is 0.450. The van der Waals surface area contributed by atoms with E-state index in [9.17, 15) is 9.59 Å². The van der Waals surface area contributed by atoms with Crippen molar-refractivity contribution >= 4 is 18.0 Å². The lowest BCUT2D eigenvalue weighted by Gasteiger charge is -2.33. The number of benzene rings is 1. The maximum atomic E-state index is 15.5. The lowest BCUT2D eigenvalue weighted by Crippen LogP contribution is -2.52. The van der Waals surface area contributed by atoms with Crippen LogP contribution in [0.15, 0.2) is 24.4 Å². The maximum absolute atomic E-state index is 15.5. The molecule has 0 unspecified atom stereocenters. The lowest BCUT2D eigenvalue weighted by atomic mass is 9.91. The van der Waals surface area contributed by atoms with Crippen LogP contribution in [0.25, 0.3) is 11.1 Å². The van der Waals surface area contributed by atoms with Gasteiger partial charge < -0.3 is 24.3 Å². The summed E-state index contributed by atoms with van der Waals surface area (Å²) in [5.41, 5.74) is 0.0717. The van der Waals surface area contributed by atoms with Crippen LogP contribution in [-0.2, 0) is 16.1 Å². The third-order valence-corrected chi connectivity index (χ3v) is 5.36. The van der Waals surface area contributed by atoms with Gasteiger partial charge in [-0.2, -0.15) is 0 Å². The predicted octanol–water partition coefficient (Wildman–Crippen LogP) is 5.67. The van der Waals surface area contributed by atoms with Gasteiger partial charge in [0.15, 0.2) is 11.6 Å². The normalized spacial score (nSPS) is 14.0. The Morgan fingerprint density at radius 3 is 2.53 bits per heavy atom. The van der Waals surface area contributed by atoms with Crippen LogP contribution >= 0.6 is 0 Å². The van der Waals surface area contributed by atoms with Gasteiger partial charge in [0.25, 0.3) is 0 Å². The van der Waals surface area contributed by atoms with Crippen molar-refractivity contribution in [2.24, 2.45) is 5.92 Å². The van der Waals surface area contributed by atoms with Crippen molar-refractivity contribution in [3.63, 3.8) is 0 Å². The number of carbonyl (C=O) groups excluding carboxylic acids is 2. The molecule has 2 aromatic rings. The number of carbonyl (C=O) groups is 2. The number of hydrogen-bond donors (Lipinski definition) is 2. The Labute approximate surface area is 210 Å². The van der Waals surface area contributed by atoms with Crippen molar-refractivity contribution in [3.8, 4) is 22.6 Å². The molecule has 10 heteroatoms. The summed E-state index contributed by atoms with van der Waals surface area (Å²) in [6.45, 7) is 11.3. The number of nitrogens with one attached hydrogen (secondary N) is 2. The van der Waals surface area contributed by atoms with Gasteiger partial charge in [-0.1, -0.05) is 13.8 Å². The quantitative estimate of drug-likeness (QED) is 0.501. The summed E-state index contributed by atoms with van der Waals surface area (Å²) in [6.07, 6.45) is 0.831. The van der Waals surface area contributed by atoms with Gasteiger partial charge in [-0.3, -0.25) is 5.32 Å². The zero-order valence-electron chi connectivity index (χ0n) is 21.8. The summed E-state index contributed by atoms with van der Waals surface area (Å²) in [6, 6.07) is 4.87. The molecule has 1 aliphatic rings. The maximum Gasteiger partial charge on any atom is 0.412 e. The van der Waals surface area contributed by atoms with Crippen molar-refractivity contribution in [3.05, 3.63) is 35.8 Å². The predicted molar refractivity (Wildman–Crippen MR) is 133 cm³/mol. The standard InChI is InChI=1S/C26H34FN3O6/c1-15(2)11-26(6,30-24(32)36-25(3,4)5)14-35-19-9-8-16-17-10-21(29-23(31)33-7)28-12-20(17)34-13-18(16)22(19)27/h8-10,12,15H,11,13-14H2,1-7H3,(H,30,32)(H,28,29,31)/t26-/m0/s1. The molecule has 3 rings (SSSR count). The second-order valence-corrected chi connectivity index (χ2v) is 10.4. The van der Waals surface area contributed by atoms with Gasteiger partial charge >= 0.3 is 12.2 Å². The van der Waals surface area contributed by atoms with Crippen molar-refractivity contribution in [1.29, 1.82) is 0 Å². The summed E-state index contributed by atoms with van der Waals surface area (Å²) >= 11 is 0. The Morgan fingerprint density at radius 1 is 1.17 bits per heavy atom. The zero-order chi connectivity index (χ0) is 26.7. The van der Waals surface area contributed by atoms with Crippen LogP contribution in [-0.4, -0.2) is 42.0 Å². The molecule has 2 N–H and O–H groups in total. The van der Waals surface area contributed by atoms with Crippen LogP contribution in [0.3, 0.4) is 0 Å². The van der Waals surface area contributed by atoms with Gasteiger partial charge in [-0.05, 0) is 63.8 Å². The summed E-state index contributed by atoms with van der Waals surface area (Å²) in [4.78, 5) is 28.1. The van der Waals surface area contributed by atoms with E-state index in [1.165, 1.54) is 13.3 Å². The first kappa shape index (κ1) is 27.0. The molecular formula is C26H34FN3O6. The fraction of sp³-hybridized carbons (Fsp3) is 0.500. The largest absolute Gasteiger partial charge is 0.488 e. The average Bonchev–Trinajstić information content (AvgIpc) is 2.76. The van der Waals surface area contributed by atoms with Crippen LogP contribution in [0.5, 0.6) is 11.5 Å². The number of halogens is 1. The van der Waals surface area contributed by atoms with Crippen molar-refractivity contribution in [1.82, 2.24) is 10.3 Å². The molecule has 2 heterocycles. The molecule has 9 nitrogen and oxygen atoms in total. The topological polar surface area (TPSA) is 108 Å². The van der Waals surface area contributed by atoms with E-state index < -0.39 is 29.1 Å². The highest BCUT2D eigenvalue weighted by Gasteiger charge is 2.32. The number of hydrogen-bond acceptors (Lipinski definition) is 7. The molecule has 1 aromatic heterocycles. The number of pyridine rings is 1. The number of ether oxygens (including phenoxy) is 4. The van der Waals surface area contributed by atoms with E-state index in [1.54, 1.807) is 39.0 Å². The van der Waals surface area contributed by atoms with Crippen molar-refractivity contribution in [2.45, 2.75) is 65.7 Å². The number of nitrogens with zero attached hydrogens (tertiary/aromatic N) is 1. The number of aromatic nitrogens is 1. The van der Waals surface area contributed by atoms with E-state index in [1.807, 2.05) is 20.8 Å². The fourth-order valence-electron chi connectivity index (χ4n) is 4.08. The molecule has 0 fully saturated rings. The molecule has 1 aliphatic heterocycles. The Kier molecular flexibility index (Phi) is 7.96. The van der Waals surface area contributed by atoms with E-state index in [-0.39, 0.29) is 30.7 Å². The Balaban J connectivity index is 1.82. The highest BCUT2D eigenvalue weighted by Crippen LogP contribution is 2.41.